The number of hydrogen-bond acceptors (Lipinski definition) is 8. The summed E-state index contributed by atoms with van der Waals surface area (Å²) in [6.07, 6.45) is 1.66. The van der Waals surface area contributed by atoms with Crippen LogP contribution in [-0.2, 0) is 18.6 Å². The zero-order valence-electron chi connectivity index (χ0n) is 21.3. The molecular formula is C26H32N6O4. The predicted molar refractivity (Wildman–Crippen MR) is 134 cm³/mol. The van der Waals surface area contributed by atoms with E-state index in [0.29, 0.717) is 48.9 Å². The number of furan rings is 1. The van der Waals surface area contributed by atoms with Crippen molar-refractivity contribution in [3.8, 4) is 11.5 Å². The molecule has 1 atom stereocenters. The highest BCUT2D eigenvalue weighted by molar-refractivity contribution is 5.83. The lowest BCUT2D eigenvalue weighted by atomic mass is 9.98. The second-order valence-electron chi connectivity index (χ2n) is 10.5. The number of aromatic amines is 1. The van der Waals surface area contributed by atoms with Crippen molar-refractivity contribution in [1.29, 1.82) is 0 Å². The predicted octanol–water partition coefficient (Wildman–Crippen LogP) is 4.03. The van der Waals surface area contributed by atoms with Gasteiger partial charge in [-0.25, -0.2) is 4.68 Å². The molecule has 0 saturated carbocycles. The van der Waals surface area contributed by atoms with Crippen LogP contribution in [0.4, 0.5) is 0 Å². The number of benzene rings is 1. The van der Waals surface area contributed by atoms with Crippen LogP contribution in [0.2, 0.25) is 0 Å². The van der Waals surface area contributed by atoms with Crippen LogP contribution in [0, 0.1) is 5.92 Å². The first kappa shape index (κ1) is 24.1. The summed E-state index contributed by atoms with van der Waals surface area (Å²) in [5, 5.41) is 13.6. The Balaban J connectivity index is 1.57. The Morgan fingerprint density at radius 3 is 2.53 bits per heavy atom. The highest BCUT2D eigenvalue weighted by Gasteiger charge is 2.33. The first-order valence-electron chi connectivity index (χ1n) is 12.2. The molecule has 0 amide bonds. The highest BCUT2D eigenvalue weighted by Crippen LogP contribution is 2.35. The number of hydrogen-bond donors (Lipinski definition) is 1. The molecule has 1 N–H and O–H groups in total. The number of H-pyrrole nitrogens is 1. The first-order valence-corrected chi connectivity index (χ1v) is 12.2. The van der Waals surface area contributed by atoms with Gasteiger partial charge in [-0.2, -0.15) is 0 Å². The minimum absolute atomic E-state index is 0.151. The second kappa shape index (κ2) is 9.42. The molecular weight excluding hydrogens is 460 g/mol. The smallest absolute Gasteiger partial charge is 0.252 e. The summed E-state index contributed by atoms with van der Waals surface area (Å²) in [7, 11) is 0. The minimum Gasteiger partial charge on any atom is -0.486 e. The second-order valence-corrected chi connectivity index (χ2v) is 10.5. The van der Waals surface area contributed by atoms with Crippen LogP contribution in [0.5, 0.6) is 11.5 Å². The molecule has 36 heavy (non-hydrogen) atoms. The SMILES string of the molecule is CC(C)C(c1nnnn1C(C)(C)C)N(Cc1ccco1)Cc1cc2cc3c(cc2[nH]c1=O)OCCO3. The summed E-state index contributed by atoms with van der Waals surface area (Å²) in [5.74, 6) is 3.03. The van der Waals surface area contributed by atoms with Gasteiger partial charge in [0.15, 0.2) is 17.3 Å². The zero-order chi connectivity index (χ0) is 25.4. The van der Waals surface area contributed by atoms with E-state index in [1.165, 1.54) is 0 Å². The number of rotatable bonds is 7. The largest absolute Gasteiger partial charge is 0.486 e. The summed E-state index contributed by atoms with van der Waals surface area (Å²) in [5.41, 5.74) is 0.888. The molecule has 0 saturated heterocycles. The normalized spacial score (nSPS) is 14.6. The van der Waals surface area contributed by atoms with Crippen LogP contribution in [0.1, 0.15) is 57.8 Å². The van der Waals surface area contributed by atoms with Crippen molar-refractivity contribution in [2.75, 3.05) is 13.2 Å². The van der Waals surface area contributed by atoms with Gasteiger partial charge in [-0.1, -0.05) is 13.8 Å². The lowest BCUT2D eigenvalue weighted by molar-refractivity contribution is 0.111. The van der Waals surface area contributed by atoms with Crippen molar-refractivity contribution >= 4 is 10.9 Å². The van der Waals surface area contributed by atoms with Gasteiger partial charge >= 0.3 is 0 Å². The summed E-state index contributed by atoms with van der Waals surface area (Å²) < 4.78 is 19.0. The van der Waals surface area contributed by atoms with E-state index < -0.39 is 0 Å². The van der Waals surface area contributed by atoms with Gasteiger partial charge in [0.1, 0.15) is 19.0 Å². The lowest BCUT2D eigenvalue weighted by Crippen LogP contribution is -2.37. The summed E-state index contributed by atoms with van der Waals surface area (Å²) >= 11 is 0. The molecule has 10 heteroatoms. The van der Waals surface area contributed by atoms with Gasteiger partial charge < -0.3 is 18.9 Å². The van der Waals surface area contributed by atoms with Crippen LogP contribution in [-0.4, -0.2) is 43.3 Å². The Hall–Kier alpha value is -3.66. The molecule has 3 aromatic heterocycles. The van der Waals surface area contributed by atoms with Gasteiger partial charge in [0.05, 0.1) is 29.9 Å². The van der Waals surface area contributed by atoms with E-state index in [0.717, 1.165) is 17.0 Å². The van der Waals surface area contributed by atoms with Gasteiger partial charge in [0.2, 0.25) is 0 Å². The van der Waals surface area contributed by atoms with Crippen LogP contribution in [0.15, 0.2) is 45.8 Å². The van der Waals surface area contributed by atoms with Crippen molar-refractivity contribution in [3.05, 3.63) is 64.1 Å². The molecule has 190 valence electrons. The van der Waals surface area contributed by atoms with Crippen molar-refractivity contribution in [2.24, 2.45) is 5.92 Å². The average molecular weight is 493 g/mol. The topological polar surface area (TPSA) is 111 Å². The molecule has 1 unspecified atom stereocenters. The number of tetrazole rings is 1. The Morgan fingerprint density at radius 1 is 1.11 bits per heavy atom. The third kappa shape index (κ3) is 4.73. The molecule has 4 heterocycles. The number of nitrogens with one attached hydrogen (secondary N) is 1. The third-order valence-electron chi connectivity index (χ3n) is 6.31. The van der Waals surface area contributed by atoms with E-state index >= 15 is 0 Å². The van der Waals surface area contributed by atoms with Crippen LogP contribution in [0.25, 0.3) is 10.9 Å². The fraction of sp³-hybridized carbons (Fsp3) is 0.462. The average Bonchev–Trinajstić information content (AvgIpc) is 3.50. The Labute approximate surface area is 209 Å². The first-order chi connectivity index (χ1) is 17.2. The van der Waals surface area contributed by atoms with Crippen molar-refractivity contribution in [3.63, 3.8) is 0 Å². The van der Waals surface area contributed by atoms with E-state index in [1.807, 2.05) is 35.0 Å². The molecule has 1 aromatic carbocycles. The van der Waals surface area contributed by atoms with E-state index in [9.17, 15) is 4.79 Å². The zero-order valence-corrected chi connectivity index (χ0v) is 21.3. The number of fused-ring (bicyclic) bond motifs is 2. The molecule has 5 rings (SSSR count). The number of pyridine rings is 1. The third-order valence-corrected chi connectivity index (χ3v) is 6.31. The van der Waals surface area contributed by atoms with Crippen LogP contribution in [0.3, 0.4) is 0 Å². The number of ether oxygens (including phenoxy) is 2. The van der Waals surface area contributed by atoms with Crippen molar-refractivity contribution in [1.82, 2.24) is 30.1 Å². The van der Waals surface area contributed by atoms with Gasteiger partial charge in [0.25, 0.3) is 5.56 Å². The Morgan fingerprint density at radius 2 is 1.86 bits per heavy atom. The van der Waals surface area contributed by atoms with Crippen LogP contribution >= 0.6 is 0 Å². The molecule has 1 aliphatic heterocycles. The standard InChI is InChI=1S/C26H32N6O4/c1-16(2)23(24-28-29-30-32(24)26(3,4)5)31(15-19-7-6-8-34-19)14-18-11-17-12-21-22(36-10-9-35-21)13-20(17)27-25(18)33/h6-8,11-13,16,23H,9-10,14-15H2,1-5H3,(H,27,33). The van der Waals surface area contributed by atoms with Gasteiger partial charge in [-0.3, -0.25) is 9.69 Å². The lowest BCUT2D eigenvalue weighted by Gasteiger charge is -2.34. The van der Waals surface area contributed by atoms with Crippen molar-refractivity contribution < 1.29 is 13.9 Å². The number of nitrogens with zero attached hydrogens (tertiary/aromatic N) is 5. The Bertz CT molecular complexity index is 1400. The van der Waals surface area contributed by atoms with Gasteiger partial charge in [-0.15, -0.1) is 5.10 Å². The summed E-state index contributed by atoms with van der Waals surface area (Å²) in [6.45, 7) is 12.3. The van der Waals surface area contributed by atoms with E-state index in [-0.39, 0.29) is 23.1 Å². The minimum atomic E-state index is -0.302. The van der Waals surface area contributed by atoms with E-state index in [1.54, 1.807) is 6.26 Å². The molecule has 4 aromatic rings. The maximum absolute atomic E-state index is 13.2. The maximum Gasteiger partial charge on any atom is 0.252 e. The molecule has 0 fully saturated rings. The molecule has 0 aliphatic carbocycles. The van der Waals surface area contributed by atoms with Gasteiger partial charge in [0, 0.05) is 23.6 Å². The summed E-state index contributed by atoms with van der Waals surface area (Å²) in [4.78, 5) is 18.4. The fourth-order valence-corrected chi connectivity index (χ4v) is 4.72. The van der Waals surface area contributed by atoms with Gasteiger partial charge in [-0.05, 0) is 61.4 Å². The number of aromatic nitrogens is 5. The molecule has 0 bridgehead atoms. The maximum atomic E-state index is 13.2. The van der Waals surface area contributed by atoms with Crippen molar-refractivity contribution in [2.45, 2.75) is 59.3 Å². The fourth-order valence-electron chi connectivity index (χ4n) is 4.72. The molecule has 10 nitrogen and oxygen atoms in total. The quantitative estimate of drug-likeness (QED) is 0.412. The Kier molecular flexibility index (Phi) is 6.29. The van der Waals surface area contributed by atoms with Crippen LogP contribution < -0.4 is 15.0 Å². The summed E-state index contributed by atoms with van der Waals surface area (Å²) in [6, 6.07) is 9.30. The van der Waals surface area contributed by atoms with E-state index in [2.05, 4.69) is 60.0 Å². The van der Waals surface area contributed by atoms with E-state index in [4.69, 9.17) is 13.9 Å². The monoisotopic (exact) mass is 492 g/mol. The molecule has 1 aliphatic rings. The molecule has 0 spiro atoms. The highest BCUT2D eigenvalue weighted by atomic mass is 16.6. The molecule has 0 radical (unpaired) electrons.